The van der Waals surface area contributed by atoms with Gasteiger partial charge in [0.2, 0.25) is 0 Å². The molecular formula is C21H22F7N5O. The van der Waals surface area contributed by atoms with Crippen molar-refractivity contribution in [1.82, 2.24) is 19.9 Å². The predicted octanol–water partition coefficient (Wildman–Crippen LogP) is 5.04. The molecule has 1 fully saturated rings. The van der Waals surface area contributed by atoms with Crippen LogP contribution in [0.2, 0.25) is 0 Å². The largest absolute Gasteiger partial charge is 0.417 e. The number of aromatic nitrogens is 3. The summed E-state index contributed by atoms with van der Waals surface area (Å²) in [5.41, 5.74) is 4.64. The van der Waals surface area contributed by atoms with Crippen molar-refractivity contribution in [3.05, 3.63) is 47.4 Å². The third-order valence-corrected chi connectivity index (χ3v) is 6.00. The lowest BCUT2D eigenvalue weighted by atomic mass is 9.87. The Labute approximate surface area is 189 Å². The van der Waals surface area contributed by atoms with Gasteiger partial charge in [0.05, 0.1) is 34.7 Å². The minimum Gasteiger partial charge on any atom is -0.361 e. The third kappa shape index (κ3) is 4.51. The number of nitrogens with two attached hydrogens (primary N) is 1. The van der Waals surface area contributed by atoms with E-state index in [9.17, 15) is 30.7 Å². The summed E-state index contributed by atoms with van der Waals surface area (Å²) in [4.78, 5) is 2.76. The Bertz CT molecular complexity index is 1160. The van der Waals surface area contributed by atoms with Crippen LogP contribution in [0.1, 0.15) is 48.7 Å². The molecule has 0 aliphatic heterocycles. The van der Waals surface area contributed by atoms with Gasteiger partial charge in [0, 0.05) is 36.9 Å². The maximum absolute atomic E-state index is 14.4. The molecule has 3 aromatic rings. The highest BCUT2D eigenvalue weighted by molar-refractivity contribution is 5.80. The van der Waals surface area contributed by atoms with Gasteiger partial charge in [0.25, 0.3) is 12.3 Å². The van der Waals surface area contributed by atoms with E-state index in [2.05, 4.69) is 15.4 Å². The molecule has 4 N–H and O–H groups in total. The van der Waals surface area contributed by atoms with Crippen molar-refractivity contribution in [2.24, 2.45) is 5.73 Å². The normalized spacial score (nSPS) is 21.9. The number of pyridine rings is 1. The van der Waals surface area contributed by atoms with Crippen molar-refractivity contribution in [2.45, 2.75) is 56.1 Å². The van der Waals surface area contributed by atoms with Crippen LogP contribution in [-0.4, -0.2) is 39.7 Å². The second-order valence-electron chi connectivity index (χ2n) is 8.24. The highest BCUT2D eigenvalue weighted by atomic mass is 19.4. The number of ether oxygens (including phenoxy) is 1. The van der Waals surface area contributed by atoms with E-state index in [0.717, 1.165) is 35.1 Å². The van der Waals surface area contributed by atoms with Gasteiger partial charge in [-0.3, -0.25) is 5.32 Å². The number of H-pyrrole nitrogens is 1. The summed E-state index contributed by atoms with van der Waals surface area (Å²) >= 11 is 0. The van der Waals surface area contributed by atoms with E-state index in [4.69, 9.17) is 10.5 Å². The summed E-state index contributed by atoms with van der Waals surface area (Å²) in [5.74, 6) is -3.12. The van der Waals surface area contributed by atoms with Crippen LogP contribution < -0.4 is 11.1 Å². The smallest absolute Gasteiger partial charge is 0.361 e. The molecule has 1 aliphatic rings. The molecule has 3 aromatic heterocycles. The molecule has 0 aromatic carbocycles. The van der Waals surface area contributed by atoms with Crippen molar-refractivity contribution in [3.8, 4) is 11.3 Å². The Balaban J connectivity index is 1.72. The van der Waals surface area contributed by atoms with E-state index in [0.29, 0.717) is 6.42 Å². The lowest BCUT2D eigenvalue weighted by molar-refractivity contribution is -0.137. The molecule has 0 bridgehead atoms. The first-order valence-electron chi connectivity index (χ1n) is 10.4. The van der Waals surface area contributed by atoms with Gasteiger partial charge in [-0.2, -0.15) is 18.3 Å². The van der Waals surface area contributed by atoms with Crippen molar-refractivity contribution >= 4 is 5.52 Å². The van der Waals surface area contributed by atoms with Gasteiger partial charge in [0.1, 0.15) is 6.23 Å². The number of alkyl halides is 7. The first-order chi connectivity index (χ1) is 15.9. The fourth-order valence-electron chi connectivity index (χ4n) is 4.28. The first kappa shape index (κ1) is 24.5. The molecule has 3 heterocycles. The quantitative estimate of drug-likeness (QED) is 0.332. The number of hydrogen-bond donors (Lipinski definition) is 3. The molecule has 0 saturated heterocycles. The third-order valence-electron chi connectivity index (χ3n) is 6.00. The molecule has 186 valence electrons. The molecular weight excluding hydrogens is 471 g/mol. The maximum atomic E-state index is 14.4. The number of methoxy groups -OCH3 is 1. The van der Waals surface area contributed by atoms with Gasteiger partial charge in [-0.15, -0.1) is 0 Å². The number of aromatic amines is 1. The summed E-state index contributed by atoms with van der Waals surface area (Å²) in [5, 5.41) is 6.48. The molecule has 4 rings (SSSR count). The zero-order valence-corrected chi connectivity index (χ0v) is 17.8. The standard InChI is InChI=1S/C21H22F7N5O/c1-34-19(32-17-13(29)3-2-6-20(17,24)25)14-7-11(18(22)23)16(31-14)12-8-30-33-9-10(21(26,27)28)4-5-15(12)33/h4-5,7-9,13,17-19,31-32H,2-3,6,29H2,1H3. The molecule has 13 heteroatoms. The molecule has 0 amide bonds. The first-order valence-corrected chi connectivity index (χ1v) is 10.4. The number of fused-ring (bicyclic) bond motifs is 1. The number of nitrogens with zero attached hydrogens (tertiary/aromatic N) is 2. The van der Waals surface area contributed by atoms with Crippen LogP contribution in [0.4, 0.5) is 30.7 Å². The highest BCUT2D eigenvalue weighted by Gasteiger charge is 2.46. The van der Waals surface area contributed by atoms with Crippen LogP contribution in [0.25, 0.3) is 16.8 Å². The summed E-state index contributed by atoms with van der Waals surface area (Å²) in [7, 11) is 1.22. The Morgan fingerprint density at radius 3 is 2.65 bits per heavy atom. The minimum absolute atomic E-state index is 0.0348. The molecule has 3 unspecified atom stereocenters. The highest BCUT2D eigenvalue weighted by Crippen LogP contribution is 2.38. The van der Waals surface area contributed by atoms with Gasteiger partial charge in [0.15, 0.2) is 0 Å². The zero-order valence-electron chi connectivity index (χ0n) is 17.8. The van der Waals surface area contributed by atoms with E-state index in [1.165, 1.54) is 7.11 Å². The average molecular weight is 493 g/mol. The Hall–Kier alpha value is -2.64. The Morgan fingerprint density at radius 2 is 2.03 bits per heavy atom. The van der Waals surface area contributed by atoms with Crippen LogP contribution >= 0.6 is 0 Å². The second-order valence-corrected chi connectivity index (χ2v) is 8.24. The van der Waals surface area contributed by atoms with Gasteiger partial charge in [-0.1, -0.05) is 0 Å². The Kier molecular flexibility index (Phi) is 6.38. The summed E-state index contributed by atoms with van der Waals surface area (Å²) in [6.07, 6.45) is -6.64. The molecule has 0 spiro atoms. The van der Waals surface area contributed by atoms with Crippen LogP contribution in [-0.2, 0) is 10.9 Å². The molecule has 1 aliphatic carbocycles. The number of halogens is 7. The zero-order chi connectivity index (χ0) is 24.8. The fourth-order valence-corrected chi connectivity index (χ4v) is 4.28. The summed E-state index contributed by atoms with van der Waals surface area (Å²) < 4.78 is 102. The number of nitrogens with one attached hydrogen (secondary N) is 2. The van der Waals surface area contributed by atoms with Crippen LogP contribution in [0.15, 0.2) is 30.6 Å². The van der Waals surface area contributed by atoms with Gasteiger partial charge >= 0.3 is 6.18 Å². The Morgan fingerprint density at radius 1 is 1.29 bits per heavy atom. The van der Waals surface area contributed by atoms with Gasteiger partial charge in [-0.05, 0) is 31.0 Å². The summed E-state index contributed by atoms with van der Waals surface area (Å²) in [6, 6.07) is 0.701. The SMILES string of the molecule is COC(NC1C(N)CCCC1(F)F)c1cc(C(F)F)c(-c2cnn3cc(C(F)(F)F)ccc23)[nH]1. The number of hydrogen-bond acceptors (Lipinski definition) is 4. The molecule has 6 nitrogen and oxygen atoms in total. The monoisotopic (exact) mass is 493 g/mol. The molecule has 34 heavy (non-hydrogen) atoms. The molecule has 3 atom stereocenters. The van der Waals surface area contributed by atoms with E-state index >= 15 is 0 Å². The minimum atomic E-state index is -4.60. The number of rotatable bonds is 6. The van der Waals surface area contributed by atoms with Gasteiger partial charge < -0.3 is 15.5 Å². The van der Waals surface area contributed by atoms with E-state index in [1.54, 1.807) is 0 Å². The van der Waals surface area contributed by atoms with E-state index < -0.39 is 48.0 Å². The van der Waals surface area contributed by atoms with Crippen LogP contribution in [0.3, 0.4) is 0 Å². The van der Waals surface area contributed by atoms with Crippen LogP contribution in [0, 0.1) is 0 Å². The average Bonchev–Trinajstić information content (AvgIpc) is 3.36. The van der Waals surface area contributed by atoms with Crippen LogP contribution in [0.5, 0.6) is 0 Å². The summed E-state index contributed by atoms with van der Waals surface area (Å²) in [6.45, 7) is 0. The fraction of sp³-hybridized carbons (Fsp3) is 0.476. The van der Waals surface area contributed by atoms with E-state index in [1.807, 2.05) is 0 Å². The predicted molar refractivity (Wildman–Crippen MR) is 108 cm³/mol. The van der Waals surface area contributed by atoms with Crippen molar-refractivity contribution in [2.75, 3.05) is 7.11 Å². The topological polar surface area (TPSA) is 80.4 Å². The van der Waals surface area contributed by atoms with E-state index in [-0.39, 0.29) is 35.3 Å². The lowest BCUT2D eigenvalue weighted by Crippen LogP contribution is -2.59. The van der Waals surface area contributed by atoms with Crippen molar-refractivity contribution in [3.63, 3.8) is 0 Å². The van der Waals surface area contributed by atoms with Crippen molar-refractivity contribution in [1.29, 1.82) is 0 Å². The van der Waals surface area contributed by atoms with Crippen molar-refractivity contribution < 1.29 is 35.5 Å². The lowest BCUT2D eigenvalue weighted by Gasteiger charge is -2.38. The molecule has 1 saturated carbocycles. The molecule has 0 radical (unpaired) electrons. The second kappa shape index (κ2) is 8.86. The maximum Gasteiger partial charge on any atom is 0.417 e. The van der Waals surface area contributed by atoms with Gasteiger partial charge in [-0.25, -0.2) is 22.1 Å².